The van der Waals surface area contributed by atoms with Crippen LogP contribution in [0.4, 0.5) is 0 Å². The predicted octanol–water partition coefficient (Wildman–Crippen LogP) is 1.83. The molecule has 2 saturated heterocycles. The third-order valence-corrected chi connectivity index (χ3v) is 5.03. The third-order valence-electron chi connectivity index (χ3n) is 5.03. The fourth-order valence-electron chi connectivity index (χ4n) is 3.97. The van der Waals surface area contributed by atoms with Gasteiger partial charge >= 0.3 is 0 Å². The molecule has 3 aliphatic rings. The van der Waals surface area contributed by atoms with Gasteiger partial charge in [-0.3, -0.25) is 4.90 Å². The molecule has 3 aliphatic heterocycles. The van der Waals surface area contributed by atoms with Crippen LogP contribution in [0.1, 0.15) is 24.8 Å². The molecule has 0 bridgehead atoms. The van der Waals surface area contributed by atoms with Crippen LogP contribution in [0.2, 0.25) is 0 Å². The molecule has 1 N–H and O–H groups in total. The van der Waals surface area contributed by atoms with E-state index < -0.39 is 0 Å². The van der Waals surface area contributed by atoms with E-state index in [1.807, 2.05) is 6.07 Å². The van der Waals surface area contributed by atoms with Crippen molar-refractivity contribution in [1.29, 1.82) is 0 Å². The van der Waals surface area contributed by atoms with Crippen LogP contribution in [0.25, 0.3) is 0 Å². The standard InChI is InChI=1S/C17H24N2O2/c1-2-15-14(6-9-19(15)8-1)18-7-5-13-3-4-16-17(12-13)21-11-10-20-16/h3-4,12,14-15,18H,1-2,5-11H2. The van der Waals surface area contributed by atoms with E-state index in [2.05, 4.69) is 22.3 Å². The van der Waals surface area contributed by atoms with Crippen molar-refractivity contribution >= 4 is 0 Å². The van der Waals surface area contributed by atoms with Crippen molar-refractivity contribution in [1.82, 2.24) is 10.2 Å². The zero-order valence-electron chi connectivity index (χ0n) is 12.5. The molecule has 0 radical (unpaired) electrons. The maximum absolute atomic E-state index is 5.65. The van der Waals surface area contributed by atoms with Gasteiger partial charge in [0.2, 0.25) is 0 Å². The molecule has 4 rings (SSSR count). The van der Waals surface area contributed by atoms with Gasteiger partial charge in [-0.1, -0.05) is 6.07 Å². The van der Waals surface area contributed by atoms with Gasteiger partial charge in [-0.05, 0) is 56.5 Å². The number of nitrogens with one attached hydrogen (secondary N) is 1. The average molecular weight is 288 g/mol. The van der Waals surface area contributed by atoms with Crippen molar-refractivity contribution in [2.24, 2.45) is 0 Å². The van der Waals surface area contributed by atoms with E-state index in [0.717, 1.165) is 30.5 Å². The lowest BCUT2D eigenvalue weighted by molar-refractivity contribution is 0.171. The zero-order chi connectivity index (χ0) is 14.1. The molecular formula is C17H24N2O2. The Morgan fingerprint density at radius 2 is 2.00 bits per heavy atom. The molecule has 21 heavy (non-hydrogen) atoms. The topological polar surface area (TPSA) is 33.7 Å². The van der Waals surface area contributed by atoms with E-state index in [9.17, 15) is 0 Å². The first-order chi connectivity index (χ1) is 10.4. The van der Waals surface area contributed by atoms with E-state index in [-0.39, 0.29) is 0 Å². The summed E-state index contributed by atoms with van der Waals surface area (Å²) in [6.07, 6.45) is 5.12. The van der Waals surface area contributed by atoms with Crippen LogP contribution in [0.3, 0.4) is 0 Å². The Morgan fingerprint density at radius 3 is 2.95 bits per heavy atom. The molecule has 1 aromatic rings. The van der Waals surface area contributed by atoms with Crippen LogP contribution < -0.4 is 14.8 Å². The highest BCUT2D eigenvalue weighted by Crippen LogP contribution is 2.31. The summed E-state index contributed by atoms with van der Waals surface area (Å²) < 4.78 is 11.2. The number of ether oxygens (including phenoxy) is 2. The smallest absolute Gasteiger partial charge is 0.161 e. The second kappa shape index (κ2) is 5.85. The van der Waals surface area contributed by atoms with Gasteiger partial charge in [-0.15, -0.1) is 0 Å². The maximum atomic E-state index is 5.65. The van der Waals surface area contributed by atoms with E-state index in [1.165, 1.54) is 37.9 Å². The Labute approximate surface area is 126 Å². The van der Waals surface area contributed by atoms with Crippen molar-refractivity contribution < 1.29 is 9.47 Å². The highest BCUT2D eigenvalue weighted by atomic mass is 16.6. The van der Waals surface area contributed by atoms with Gasteiger partial charge in [0.1, 0.15) is 13.2 Å². The molecule has 4 nitrogen and oxygen atoms in total. The highest BCUT2D eigenvalue weighted by molar-refractivity contribution is 5.43. The minimum absolute atomic E-state index is 0.660. The summed E-state index contributed by atoms with van der Waals surface area (Å²) in [5.41, 5.74) is 1.33. The van der Waals surface area contributed by atoms with Crippen molar-refractivity contribution in [3.05, 3.63) is 23.8 Å². The van der Waals surface area contributed by atoms with Gasteiger partial charge in [0.15, 0.2) is 11.5 Å². The molecule has 2 unspecified atom stereocenters. The summed E-state index contributed by atoms with van der Waals surface area (Å²) in [5, 5.41) is 3.77. The van der Waals surface area contributed by atoms with Gasteiger partial charge in [-0.2, -0.15) is 0 Å². The normalized spacial score (nSPS) is 27.8. The average Bonchev–Trinajstić information content (AvgIpc) is 3.12. The Hall–Kier alpha value is -1.26. The summed E-state index contributed by atoms with van der Waals surface area (Å²) >= 11 is 0. The highest BCUT2D eigenvalue weighted by Gasteiger charge is 2.36. The van der Waals surface area contributed by atoms with Crippen LogP contribution in [-0.2, 0) is 6.42 Å². The van der Waals surface area contributed by atoms with Gasteiger partial charge in [0.25, 0.3) is 0 Å². The van der Waals surface area contributed by atoms with Crippen LogP contribution in [-0.4, -0.2) is 49.8 Å². The molecule has 0 saturated carbocycles. The number of rotatable bonds is 4. The molecule has 0 aromatic heterocycles. The van der Waals surface area contributed by atoms with Crippen molar-refractivity contribution in [2.45, 2.75) is 37.8 Å². The van der Waals surface area contributed by atoms with Crippen molar-refractivity contribution in [3.8, 4) is 11.5 Å². The molecule has 0 spiro atoms. The maximum Gasteiger partial charge on any atom is 0.161 e. The first-order valence-electron chi connectivity index (χ1n) is 8.26. The van der Waals surface area contributed by atoms with Gasteiger partial charge in [-0.25, -0.2) is 0 Å². The molecule has 0 aliphatic carbocycles. The summed E-state index contributed by atoms with van der Waals surface area (Å²) in [7, 11) is 0. The first kappa shape index (κ1) is 13.4. The lowest BCUT2D eigenvalue weighted by atomic mass is 10.1. The van der Waals surface area contributed by atoms with Gasteiger partial charge in [0, 0.05) is 18.6 Å². The molecule has 2 atom stereocenters. The second-order valence-corrected chi connectivity index (χ2v) is 6.32. The van der Waals surface area contributed by atoms with Crippen LogP contribution in [0, 0.1) is 0 Å². The Morgan fingerprint density at radius 1 is 1.10 bits per heavy atom. The Bertz CT molecular complexity index is 506. The number of hydrogen-bond donors (Lipinski definition) is 1. The lowest BCUT2D eigenvalue weighted by Crippen LogP contribution is -2.39. The van der Waals surface area contributed by atoms with Crippen molar-refractivity contribution in [2.75, 3.05) is 32.8 Å². The lowest BCUT2D eigenvalue weighted by Gasteiger charge is -2.22. The number of fused-ring (bicyclic) bond motifs is 2. The summed E-state index contributed by atoms with van der Waals surface area (Å²) in [5.74, 6) is 1.79. The molecule has 0 amide bonds. The largest absolute Gasteiger partial charge is 0.486 e. The summed E-state index contributed by atoms with van der Waals surface area (Å²) in [6, 6.07) is 7.83. The van der Waals surface area contributed by atoms with E-state index in [0.29, 0.717) is 19.3 Å². The van der Waals surface area contributed by atoms with Crippen LogP contribution >= 0.6 is 0 Å². The van der Waals surface area contributed by atoms with Crippen LogP contribution in [0.5, 0.6) is 11.5 Å². The second-order valence-electron chi connectivity index (χ2n) is 6.32. The monoisotopic (exact) mass is 288 g/mol. The van der Waals surface area contributed by atoms with E-state index in [4.69, 9.17) is 9.47 Å². The molecule has 1 aromatic carbocycles. The number of hydrogen-bond acceptors (Lipinski definition) is 4. The number of nitrogens with zero attached hydrogens (tertiary/aromatic N) is 1. The molecule has 3 heterocycles. The zero-order valence-corrected chi connectivity index (χ0v) is 12.5. The fourth-order valence-corrected chi connectivity index (χ4v) is 3.97. The SMILES string of the molecule is c1cc2c(cc1CCNC1CCN3CCCC13)OCCO2. The van der Waals surface area contributed by atoms with Crippen LogP contribution in [0.15, 0.2) is 18.2 Å². The minimum atomic E-state index is 0.660. The van der Waals surface area contributed by atoms with Gasteiger partial charge in [0.05, 0.1) is 0 Å². The molecule has 4 heteroatoms. The third kappa shape index (κ3) is 2.74. The molecule has 114 valence electrons. The quantitative estimate of drug-likeness (QED) is 0.916. The Balaban J connectivity index is 1.31. The Kier molecular flexibility index (Phi) is 3.74. The minimum Gasteiger partial charge on any atom is -0.486 e. The van der Waals surface area contributed by atoms with Gasteiger partial charge < -0.3 is 14.8 Å². The number of benzene rings is 1. The van der Waals surface area contributed by atoms with E-state index >= 15 is 0 Å². The predicted molar refractivity (Wildman–Crippen MR) is 82.1 cm³/mol. The molecule has 2 fully saturated rings. The van der Waals surface area contributed by atoms with Crippen molar-refractivity contribution in [3.63, 3.8) is 0 Å². The summed E-state index contributed by atoms with van der Waals surface area (Å²) in [4.78, 5) is 2.65. The van der Waals surface area contributed by atoms with E-state index in [1.54, 1.807) is 0 Å². The first-order valence-corrected chi connectivity index (χ1v) is 8.26. The molecular weight excluding hydrogens is 264 g/mol. The summed E-state index contributed by atoms with van der Waals surface area (Å²) in [6.45, 7) is 4.97. The fraction of sp³-hybridized carbons (Fsp3) is 0.647.